The number of nitrogens with zero attached hydrogens (tertiary/aromatic N) is 1. The van der Waals surface area contributed by atoms with Crippen LogP contribution < -0.4 is 0 Å². The van der Waals surface area contributed by atoms with Crippen molar-refractivity contribution in [3.05, 3.63) is 21.9 Å². The summed E-state index contributed by atoms with van der Waals surface area (Å²) in [4.78, 5) is 28.5. The number of ketones is 1. The number of Topliss-reactive ketones (excluding diaryl/α,β-unsaturated/α-hetero) is 1. The number of carbonyl (C=O) groups excluding carboxylic acids is 2. The van der Waals surface area contributed by atoms with E-state index in [9.17, 15) is 9.59 Å². The van der Waals surface area contributed by atoms with E-state index in [1.807, 2.05) is 18.4 Å². The average Bonchev–Trinajstić information content (AvgIpc) is 3.16. The van der Waals surface area contributed by atoms with Crippen LogP contribution >= 0.6 is 11.3 Å². The van der Waals surface area contributed by atoms with Crippen molar-refractivity contribution in [1.29, 1.82) is 0 Å². The van der Waals surface area contributed by atoms with Crippen molar-refractivity contribution < 1.29 is 14.3 Å². The summed E-state index contributed by atoms with van der Waals surface area (Å²) in [5.41, 5.74) is 1.44. The van der Waals surface area contributed by atoms with E-state index >= 15 is 0 Å². The fourth-order valence-corrected chi connectivity index (χ4v) is 6.27. The average molecular weight is 376 g/mol. The zero-order chi connectivity index (χ0) is 18.1. The summed E-state index contributed by atoms with van der Waals surface area (Å²) in [7, 11) is 1.81. The second-order valence-electron chi connectivity index (χ2n) is 8.12. The highest BCUT2D eigenvalue weighted by Gasteiger charge is 2.41. The standard InChI is InChI=1S/C21H29NO3S/c1-25-18-8-4-14(5-9-18)19-20-15(11-13-26-20)10-12-22(19)21(24)16-2-6-17(23)7-3-16/h11,13-14,16,18-19H,2-10,12H2,1H3. The van der Waals surface area contributed by atoms with E-state index in [0.717, 1.165) is 51.5 Å². The van der Waals surface area contributed by atoms with Gasteiger partial charge in [-0.05, 0) is 67.9 Å². The van der Waals surface area contributed by atoms with Crippen molar-refractivity contribution in [3.8, 4) is 0 Å². The number of amides is 1. The normalized spacial score (nSPS) is 30.3. The number of thiophene rings is 1. The lowest BCUT2D eigenvalue weighted by atomic mass is 9.78. The van der Waals surface area contributed by atoms with Crippen molar-refractivity contribution in [2.45, 2.75) is 69.9 Å². The number of carbonyl (C=O) groups is 2. The Labute approximate surface area is 159 Å². The Morgan fingerprint density at radius 2 is 1.85 bits per heavy atom. The van der Waals surface area contributed by atoms with Gasteiger partial charge in [-0.3, -0.25) is 9.59 Å². The second kappa shape index (κ2) is 7.81. The van der Waals surface area contributed by atoms with Crippen LogP contribution in [0.15, 0.2) is 11.4 Å². The van der Waals surface area contributed by atoms with Gasteiger partial charge in [-0.1, -0.05) is 0 Å². The van der Waals surface area contributed by atoms with Crippen LogP contribution in [0.25, 0.3) is 0 Å². The largest absolute Gasteiger partial charge is 0.381 e. The minimum Gasteiger partial charge on any atom is -0.381 e. The number of hydrogen-bond donors (Lipinski definition) is 0. The topological polar surface area (TPSA) is 46.6 Å². The molecule has 5 heteroatoms. The third kappa shape index (κ3) is 3.48. The molecule has 142 valence electrons. The molecular weight excluding hydrogens is 346 g/mol. The molecule has 2 heterocycles. The van der Waals surface area contributed by atoms with E-state index < -0.39 is 0 Å². The summed E-state index contributed by atoms with van der Waals surface area (Å²) >= 11 is 1.82. The molecule has 1 atom stereocenters. The van der Waals surface area contributed by atoms with Crippen LogP contribution in [0.4, 0.5) is 0 Å². The monoisotopic (exact) mass is 375 g/mol. The Balaban J connectivity index is 1.55. The lowest BCUT2D eigenvalue weighted by Gasteiger charge is -2.44. The molecule has 0 saturated heterocycles. The van der Waals surface area contributed by atoms with Crippen LogP contribution in [0, 0.1) is 11.8 Å². The van der Waals surface area contributed by atoms with Gasteiger partial charge in [-0.15, -0.1) is 11.3 Å². The second-order valence-corrected chi connectivity index (χ2v) is 9.07. The summed E-state index contributed by atoms with van der Waals surface area (Å²) in [5.74, 6) is 1.21. The van der Waals surface area contributed by atoms with Crippen molar-refractivity contribution in [1.82, 2.24) is 4.90 Å². The quantitative estimate of drug-likeness (QED) is 0.798. The molecule has 1 unspecified atom stereocenters. The molecule has 1 aliphatic heterocycles. The highest BCUT2D eigenvalue weighted by Crippen LogP contribution is 2.45. The van der Waals surface area contributed by atoms with E-state index in [1.54, 1.807) is 0 Å². The molecule has 2 aliphatic carbocycles. The van der Waals surface area contributed by atoms with Crippen molar-refractivity contribution in [3.63, 3.8) is 0 Å². The molecule has 0 spiro atoms. The fraction of sp³-hybridized carbons (Fsp3) is 0.714. The van der Waals surface area contributed by atoms with E-state index in [2.05, 4.69) is 16.3 Å². The van der Waals surface area contributed by atoms with Crippen molar-refractivity contribution >= 4 is 23.0 Å². The van der Waals surface area contributed by atoms with Crippen LogP contribution in [-0.2, 0) is 20.7 Å². The third-order valence-corrected chi connectivity index (χ3v) is 7.71. The number of methoxy groups -OCH3 is 1. The van der Waals surface area contributed by atoms with Gasteiger partial charge in [0, 0.05) is 37.3 Å². The minimum atomic E-state index is 0.0482. The lowest BCUT2D eigenvalue weighted by Crippen LogP contribution is -2.46. The van der Waals surface area contributed by atoms with Gasteiger partial charge < -0.3 is 9.64 Å². The van der Waals surface area contributed by atoms with Gasteiger partial charge in [0.25, 0.3) is 0 Å². The number of fused-ring (bicyclic) bond motifs is 1. The first-order valence-corrected chi connectivity index (χ1v) is 11.0. The molecule has 0 N–H and O–H groups in total. The van der Waals surface area contributed by atoms with Gasteiger partial charge in [0.2, 0.25) is 5.91 Å². The Morgan fingerprint density at radius 1 is 1.12 bits per heavy atom. The molecule has 1 aromatic heterocycles. The molecule has 3 aliphatic rings. The Bertz CT molecular complexity index is 652. The summed E-state index contributed by atoms with van der Waals surface area (Å²) in [5, 5.41) is 2.19. The molecule has 4 rings (SSSR count). The SMILES string of the molecule is COC1CCC(C2c3sccc3CCN2C(=O)C2CCC(=O)CC2)CC1. The fourth-order valence-electron chi connectivity index (χ4n) is 5.11. The number of hydrogen-bond acceptors (Lipinski definition) is 4. The highest BCUT2D eigenvalue weighted by molar-refractivity contribution is 7.10. The highest BCUT2D eigenvalue weighted by atomic mass is 32.1. The van der Waals surface area contributed by atoms with E-state index in [1.165, 1.54) is 10.4 Å². The first-order chi connectivity index (χ1) is 12.7. The number of ether oxygens (including phenoxy) is 1. The Hall–Kier alpha value is -1.20. The maximum absolute atomic E-state index is 13.4. The maximum Gasteiger partial charge on any atom is 0.226 e. The summed E-state index contributed by atoms with van der Waals surface area (Å²) in [6.07, 6.45) is 8.46. The Kier molecular flexibility index (Phi) is 5.46. The van der Waals surface area contributed by atoms with Gasteiger partial charge in [0.05, 0.1) is 12.1 Å². The lowest BCUT2D eigenvalue weighted by molar-refractivity contribution is -0.142. The molecule has 26 heavy (non-hydrogen) atoms. The zero-order valence-electron chi connectivity index (χ0n) is 15.6. The maximum atomic E-state index is 13.4. The molecule has 1 aromatic rings. The number of rotatable bonds is 3. The molecule has 4 nitrogen and oxygen atoms in total. The Morgan fingerprint density at radius 3 is 2.54 bits per heavy atom. The summed E-state index contributed by atoms with van der Waals surface area (Å²) in [6.45, 7) is 0.835. The summed E-state index contributed by atoms with van der Waals surface area (Å²) in [6, 6.07) is 2.48. The molecule has 0 radical (unpaired) electrons. The molecule has 0 aromatic carbocycles. The first kappa shape index (κ1) is 18.2. The smallest absolute Gasteiger partial charge is 0.226 e. The van der Waals surface area contributed by atoms with Gasteiger partial charge in [-0.2, -0.15) is 0 Å². The molecule has 0 bridgehead atoms. The van der Waals surface area contributed by atoms with E-state index in [0.29, 0.717) is 36.6 Å². The van der Waals surface area contributed by atoms with Crippen LogP contribution in [0.3, 0.4) is 0 Å². The predicted molar refractivity (Wildman–Crippen MR) is 102 cm³/mol. The van der Waals surface area contributed by atoms with Crippen molar-refractivity contribution in [2.24, 2.45) is 11.8 Å². The van der Waals surface area contributed by atoms with Crippen molar-refractivity contribution in [2.75, 3.05) is 13.7 Å². The molecular formula is C21H29NO3S. The van der Waals surface area contributed by atoms with Crippen LogP contribution in [0.1, 0.15) is 67.8 Å². The minimum absolute atomic E-state index is 0.0482. The van der Waals surface area contributed by atoms with Crippen LogP contribution in [0.5, 0.6) is 0 Å². The van der Waals surface area contributed by atoms with Crippen LogP contribution in [-0.4, -0.2) is 36.3 Å². The van der Waals surface area contributed by atoms with Gasteiger partial charge in [0.1, 0.15) is 5.78 Å². The van der Waals surface area contributed by atoms with E-state index in [-0.39, 0.29) is 12.0 Å². The molecule has 2 fully saturated rings. The molecule has 2 saturated carbocycles. The van der Waals surface area contributed by atoms with Crippen LogP contribution in [0.2, 0.25) is 0 Å². The third-order valence-electron chi connectivity index (χ3n) is 6.68. The van der Waals surface area contributed by atoms with Gasteiger partial charge >= 0.3 is 0 Å². The van der Waals surface area contributed by atoms with Gasteiger partial charge in [-0.25, -0.2) is 0 Å². The molecule has 1 amide bonds. The predicted octanol–water partition coefficient (Wildman–Crippen LogP) is 4.14. The first-order valence-electron chi connectivity index (χ1n) is 10.1. The van der Waals surface area contributed by atoms with E-state index in [4.69, 9.17) is 4.74 Å². The zero-order valence-corrected chi connectivity index (χ0v) is 16.4. The summed E-state index contributed by atoms with van der Waals surface area (Å²) < 4.78 is 5.55. The van der Waals surface area contributed by atoms with Gasteiger partial charge in [0.15, 0.2) is 0 Å².